The molecule has 0 radical (unpaired) electrons. The Kier molecular flexibility index (Phi) is 8.12. The number of rotatable bonds is 8. The highest BCUT2D eigenvalue weighted by Gasteiger charge is 2.23. The maximum atomic E-state index is 11.9. The molecule has 0 spiro atoms. The summed E-state index contributed by atoms with van der Waals surface area (Å²) < 4.78 is 0. The first-order valence-corrected chi connectivity index (χ1v) is 8.09. The predicted octanol–water partition coefficient (Wildman–Crippen LogP) is 1.80. The fourth-order valence-electron chi connectivity index (χ4n) is 2.67. The maximum Gasteiger partial charge on any atom is 0.326 e. The highest BCUT2D eigenvalue weighted by Crippen LogP contribution is 2.10. The van der Waals surface area contributed by atoms with Gasteiger partial charge in [0.1, 0.15) is 6.04 Å². The van der Waals surface area contributed by atoms with Gasteiger partial charge in [0.05, 0.1) is 0 Å². The second-order valence-electron chi connectivity index (χ2n) is 5.77. The predicted molar refractivity (Wildman–Crippen MR) is 82.4 cm³/mol. The van der Waals surface area contributed by atoms with Crippen LogP contribution in [0.3, 0.4) is 0 Å². The van der Waals surface area contributed by atoms with E-state index >= 15 is 0 Å². The van der Waals surface area contributed by atoms with E-state index in [0.717, 1.165) is 51.7 Å². The van der Waals surface area contributed by atoms with Crippen molar-refractivity contribution in [2.24, 2.45) is 0 Å². The number of carbonyl (C=O) groups is 2. The molecule has 6 nitrogen and oxygen atoms in total. The van der Waals surface area contributed by atoms with E-state index in [2.05, 4.69) is 22.5 Å². The standard InChI is InChI=1S/C15H29N3O3/c1-3-5-6-13(14(19)20)17-15(21)16-12-7-10-18(9-4-2)11-8-12/h12-13H,3-11H2,1-2H3,(H,19,20)(H2,16,17,21). The summed E-state index contributed by atoms with van der Waals surface area (Å²) in [5.41, 5.74) is 0. The van der Waals surface area contributed by atoms with E-state index in [4.69, 9.17) is 5.11 Å². The molecule has 1 saturated heterocycles. The first kappa shape index (κ1) is 17.8. The van der Waals surface area contributed by atoms with E-state index in [1.54, 1.807) is 0 Å². The van der Waals surface area contributed by atoms with Crippen molar-refractivity contribution in [3.05, 3.63) is 0 Å². The van der Waals surface area contributed by atoms with Crippen LogP contribution in [0.5, 0.6) is 0 Å². The molecule has 122 valence electrons. The zero-order chi connectivity index (χ0) is 15.7. The molecular weight excluding hydrogens is 270 g/mol. The van der Waals surface area contributed by atoms with Gasteiger partial charge in [-0.2, -0.15) is 0 Å². The van der Waals surface area contributed by atoms with E-state index in [9.17, 15) is 9.59 Å². The molecule has 1 unspecified atom stereocenters. The molecule has 1 aliphatic rings. The summed E-state index contributed by atoms with van der Waals surface area (Å²) >= 11 is 0. The summed E-state index contributed by atoms with van der Waals surface area (Å²) in [5, 5.41) is 14.6. The van der Waals surface area contributed by atoms with Crippen LogP contribution >= 0.6 is 0 Å². The zero-order valence-corrected chi connectivity index (χ0v) is 13.2. The number of urea groups is 1. The molecule has 6 heteroatoms. The van der Waals surface area contributed by atoms with Crippen molar-refractivity contribution in [3.63, 3.8) is 0 Å². The highest BCUT2D eigenvalue weighted by molar-refractivity contribution is 5.82. The molecule has 1 fully saturated rings. The van der Waals surface area contributed by atoms with Crippen molar-refractivity contribution in [2.45, 2.75) is 64.5 Å². The van der Waals surface area contributed by atoms with Crippen LogP contribution in [-0.2, 0) is 4.79 Å². The third-order valence-electron chi connectivity index (χ3n) is 3.91. The van der Waals surface area contributed by atoms with Gasteiger partial charge >= 0.3 is 12.0 Å². The summed E-state index contributed by atoms with van der Waals surface area (Å²) in [4.78, 5) is 25.4. The zero-order valence-electron chi connectivity index (χ0n) is 13.2. The van der Waals surface area contributed by atoms with Crippen molar-refractivity contribution >= 4 is 12.0 Å². The van der Waals surface area contributed by atoms with Gasteiger partial charge in [-0.3, -0.25) is 0 Å². The average Bonchev–Trinajstić information content (AvgIpc) is 2.45. The van der Waals surface area contributed by atoms with E-state index in [-0.39, 0.29) is 12.1 Å². The molecule has 0 bridgehead atoms. The monoisotopic (exact) mass is 299 g/mol. The number of carboxylic acid groups (broad SMARTS) is 1. The first-order chi connectivity index (χ1) is 10.1. The lowest BCUT2D eigenvalue weighted by atomic mass is 10.1. The van der Waals surface area contributed by atoms with Gasteiger partial charge in [-0.05, 0) is 32.2 Å². The number of amides is 2. The number of nitrogens with one attached hydrogen (secondary N) is 2. The molecule has 1 atom stereocenters. The van der Waals surface area contributed by atoms with Gasteiger partial charge in [-0.25, -0.2) is 9.59 Å². The number of piperidine rings is 1. The maximum absolute atomic E-state index is 11.9. The number of aliphatic carboxylic acids is 1. The van der Waals surface area contributed by atoms with Gasteiger partial charge in [0.2, 0.25) is 0 Å². The second-order valence-corrected chi connectivity index (χ2v) is 5.77. The van der Waals surface area contributed by atoms with Crippen molar-refractivity contribution in [2.75, 3.05) is 19.6 Å². The van der Waals surface area contributed by atoms with Gasteiger partial charge in [-0.15, -0.1) is 0 Å². The molecule has 3 N–H and O–H groups in total. The summed E-state index contributed by atoms with van der Waals surface area (Å²) in [7, 11) is 0. The highest BCUT2D eigenvalue weighted by atomic mass is 16.4. The average molecular weight is 299 g/mol. The Morgan fingerprint density at radius 2 is 1.90 bits per heavy atom. The third-order valence-corrected chi connectivity index (χ3v) is 3.91. The number of carbonyl (C=O) groups excluding carboxylic acids is 1. The van der Waals surface area contributed by atoms with Crippen LogP contribution in [-0.4, -0.2) is 53.7 Å². The summed E-state index contributed by atoms with van der Waals surface area (Å²) in [6.45, 7) is 7.27. The molecule has 0 saturated carbocycles. The van der Waals surface area contributed by atoms with E-state index in [0.29, 0.717) is 6.42 Å². The minimum atomic E-state index is -0.962. The second kappa shape index (κ2) is 9.60. The fourth-order valence-corrected chi connectivity index (χ4v) is 2.67. The Bertz CT molecular complexity index is 328. The molecule has 0 aromatic carbocycles. The number of carboxylic acids is 1. The Balaban J connectivity index is 2.31. The van der Waals surface area contributed by atoms with Crippen molar-refractivity contribution < 1.29 is 14.7 Å². The van der Waals surface area contributed by atoms with Gasteiger partial charge in [0.15, 0.2) is 0 Å². The number of likely N-dealkylation sites (tertiary alicyclic amines) is 1. The van der Waals surface area contributed by atoms with Gasteiger partial charge < -0.3 is 20.6 Å². The minimum Gasteiger partial charge on any atom is -0.480 e. The number of nitrogens with zero attached hydrogens (tertiary/aromatic N) is 1. The Morgan fingerprint density at radius 3 is 2.43 bits per heavy atom. The molecular formula is C15H29N3O3. The van der Waals surface area contributed by atoms with E-state index < -0.39 is 12.0 Å². The van der Waals surface area contributed by atoms with Gasteiger partial charge in [0, 0.05) is 19.1 Å². The van der Waals surface area contributed by atoms with E-state index in [1.165, 1.54) is 0 Å². The Labute approximate surface area is 127 Å². The topological polar surface area (TPSA) is 81.7 Å². The smallest absolute Gasteiger partial charge is 0.326 e. The van der Waals surface area contributed by atoms with Crippen molar-refractivity contribution in [1.29, 1.82) is 0 Å². The largest absolute Gasteiger partial charge is 0.480 e. The summed E-state index contributed by atoms with van der Waals surface area (Å²) in [6.07, 6.45) is 5.21. The van der Waals surface area contributed by atoms with Crippen LogP contribution in [0.2, 0.25) is 0 Å². The lowest BCUT2D eigenvalue weighted by Gasteiger charge is -2.32. The van der Waals surface area contributed by atoms with Crippen LogP contribution in [0.25, 0.3) is 0 Å². The normalized spacial score (nSPS) is 18.2. The van der Waals surface area contributed by atoms with Crippen molar-refractivity contribution in [1.82, 2.24) is 15.5 Å². The number of unbranched alkanes of at least 4 members (excludes halogenated alkanes) is 1. The molecule has 0 aromatic rings. The Morgan fingerprint density at radius 1 is 1.24 bits per heavy atom. The third kappa shape index (κ3) is 6.80. The van der Waals surface area contributed by atoms with E-state index in [1.807, 2.05) is 6.92 Å². The lowest BCUT2D eigenvalue weighted by Crippen LogP contribution is -2.51. The fraction of sp³-hybridized carbons (Fsp3) is 0.867. The van der Waals surface area contributed by atoms with Crippen LogP contribution in [0, 0.1) is 0 Å². The number of hydrogen-bond donors (Lipinski definition) is 3. The summed E-state index contributed by atoms with van der Waals surface area (Å²) in [6, 6.07) is -0.990. The minimum absolute atomic E-state index is 0.152. The van der Waals surface area contributed by atoms with Crippen LogP contribution in [0.4, 0.5) is 4.79 Å². The SMILES string of the molecule is CCCCC(NC(=O)NC1CCN(CCC)CC1)C(=O)O. The molecule has 1 aliphatic heterocycles. The van der Waals surface area contributed by atoms with Crippen LogP contribution in [0.15, 0.2) is 0 Å². The molecule has 0 aromatic heterocycles. The Hall–Kier alpha value is -1.30. The molecule has 2 amide bonds. The molecule has 1 heterocycles. The van der Waals surface area contributed by atoms with Crippen molar-refractivity contribution in [3.8, 4) is 0 Å². The van der Waals surface area contributed by atoms with Gasteiger partial charge in [0.25, 0.3) is 0 Å². The quantitative estimate of drug-likeness (QED) is 0.638. The van der Waals surface area contributed by atoms with Crippen LogP contribution in [0.1, 0.15) is 52.4 Å². The molecule has 0 aliphatic carbocycles. The summed E-state index contributed by atoms with van der Waals surface area (Å²) in [5.74, 6) is -0.962. The number of hydrogen-bond acceptors (Lipinski definition) is 3. The first-order valence-electron chi connectivity index (χ1n) is 8.09. The lowest BCUT2D eigenvalue weighted by molar-refractivity contribution is -0.139. The molecule has 1 rings (SSSR count). The molecule has 21 heavy (non-hydrogen) atoms. The van der Waals surface area contributed by atoms with Gasteiger partial charge in [-0.1, -0.05) is 26.7 Å². The van der Waals surface area contributed by atoms with Crippen LogP contribution < -0.4 is 10.6 Å².